The number of benzene rings is 1. The van der Waals surface area contributed by atoms with Crippen LogP contribution < -0.4 is 4.74 Å². The number of carbonyl (C=O) groups excluding carboxylic acids is 1. The molecule has 142 valence electrons. The second-order valence-corrected chi connectivity index (χ2v) is 6.80. The number of fused-ring (bicyclic) bond motifs is 1. The summed E-state index contributed by atoms with van der Waals surface area (Å²) in [6, 6.07) is 0. The third-order valence-electron chi connectivity index (χ3n) is 4.93. The first kappa shape index (κ1) is 19.8. The molecule has 6 heteroatoms. The van der Waals surface area contributed by atoms with Gasteiger partial charge in [-0.25, -0.2) is 4.79 Å². The summed E-state index contributed by atoms with van der Waals surface area (Å²) in [6.07, 6.45) is 4.60. The molecule has 0 radical (unpaired) electrons. The van der Waals surface area contributed by atoms with Crippen molar-refractivity contribution in [2.24, 2.45) is 5.92 Å². The largest absolute Gasteiger partial charge is 0.507 e. The van der Waals surface area contributed by atoms with Gasteiger partial charge in [0.1, 0.15) is 23.7 Å². The van der Waals surface area contributed by atoms with Crippen LogP contribution in [0.1, 0.15) is 60.2 Å². The predicted molar refractivity (Wildman–Crippen MR) is 96.6 cm³/mol. The monoisotopic (exact) mass is 362 g/mol. The number of aromatic hydroxyl groups is 1. The molecule has 0 saturated heterocycles. The van der Waals surface area contributed by atoms with Crippen LogP contribution in [0.3, 0.4) is 0 Å². The number of carboxylic acids is 1. The summed E-state index contributed by atoms with van der Waals surface area (Å²) >= 11 is 0. The molecule has 1 aromatic rings. The summed E-state index contributed by atoms with van der Waals surface area (Å²) in [6.45, 7) is 5.69. The molecule has 6 nitrogen and oxygen atoms in total. The lowest BCUT2D eigenvalue weighted by atomic mass is 9.94. The number of carboxylic acid groups (broad SMARTS) is 1. The summed E-state index contributed by atoms with van der Waals surface area (Å²) in [5, 5.41) is 19.5. The van der Waals surface area contributed by atoms with Gasteiger partial charge in [0.15, 0.2) is 0 Å². The number of rotatable bonds is 8. The van der Waals surface area contributed by atoms with Crippen molar-refractivity contribution in [3.8, 4) is 11.5 Å². The average Bonchev–Trinajstić information content (AvgIpc) is 2.98. The molecule has 0 aliphatic carbocycles. The number of hydrogen-bond donors (Lipinski definition) is 2. The molecule has 0 amide bonds. The van der Waals surface area contributed by atoms with E-state index < -0.39 is 11.9 Å². The van der Waals surface area contributed by atoms with Crippen molar-refractivity contribution in [1.29, 1.82) is 0 Å². The normalized spacial score (nSPS) is 14.8. The highest BCUT2D eigenvalue weighted by atomic mass is 16.5. The van der Waals surface area contributed by atoms with Crippen molar-refractivity contribution in [3.05, 3.63) is 33.9 Å². The third kappa shape index (κ3) is 4.00. The maximum atomic E-state index is 11.9. The van der Waals surface area contributed by atoms with E-state index in [-0.39, 0.29) is 23.8 Å². The Hall–Kier alpha value is -2.50. The smallest absolute Gasteiger partial charge is 0.342 e. The van der Waals surface area contributed by atoms with Gasteiger partial charge in [0.05, 0.1) is 13.0 Å². The number of aliphatic carboxylic acids is 1. The Bertz CT molecular complexity index is 747. The van der Waals surface area contributed by atoms with Gasteiger partial charge in [-0.2, -0.15) is 0 Å². The lowest BCUT2D eigenvalue weighted by Crippen LogP contribution is -2.08. The maximum Gasteiger partial charge on any atom is 0.342 e. The number of hydrogen-bond acceptors (Lipinski definition) is 5. The molecule has 26 heavy (non-hydrogen) atoms. The Morgan fingerprint density at radius 1 is 1.42 bits per heavy atom. The highest BCUT2D eigenvalue weighted by Gasteiger charge is 2.31. The van der Waals surface area contributed by atoms with Gasteiger partial charge in [0.2, 0.25) is 0 Å². The standard InChI is InChI=1S/C20H26O6/c1-11(6-5-7-12(2)19(22)23)8-9-14-17(21)16-15(10-26-20(16)24)13(3)18(14)25-4/h8,12,21H,5-7,9-10H2,1-4H3,(H,22,23). The first-order valence-corrected chi connectivity index (χ1v) is 8.74. The van der Waals surface area contributed by atoms with Crippen LogP contribution in [0, 0.1) is 12.8 Å². The number of ether oxygens (including phenoxy) is 2. The van der Waals surface area contributed by atoms with E-state index in [2.05, 4.69) is 0 Å². The third-order valence-corrected chi connectivity index (χ3v) is 4.93. The zero-order chi connectivity index (χ0) is 19.4. The fourth-order valence-corrected chi connectivity index (χ4v) is 3.22. The minimum Gasteiger partial charge on any atom is -0.507 e. The van der Waals surface area contributed by atoms with Gasteiger partial charge in [-0.1, -0.05) is 18.6 Å². The lowest BCUT2D eigenvalue weighted by Gasteiger charge is -2.15. The summed E-state index contributed by atoms with van der Waals surface area (Å²) < 4.78 is 10.5. The van der Waals surface area contributed by atoms with Gasteiger partial charge >= 0.3 is 11.9 Å². The summed E-state index contributed by atoms with van der Waals surface area (Å²) in [5.74, 6) is -1.14. The van der Waals surface area contributed by atoms with E-state index in [0.29, 0.717) is 29.7 Å². The fourth-order valence-electron chi connectivity index (χ4n) is 3.22. The number of phenolic OH excluding ortho intramolecular Hbond substituents is 1. The maximum absolute atomic E-state index is 11.9. The van der Waals surface area contributed by atoms with Crippen LogP contribution in [-0.2, 0) is 22.6 Å². The fraction of sp³-hybridized carbons (Fsp3) is 0.500. The van der Waals surface area contributed by atoms with Crippen LogP contribution in [0.15, 0.2) is 11.6 Å². The van der Waals surface area contributed by atoms with Gasteiger partial charge in [-0.15, -0.1) is 0 Å². The molecule has 1 atom stereocenters. The molecule has 1 heterocycles. The molecule has 0 bridgehead atoms. The first-order valence-electron chi connectivity index (χ1n) is 8.74. The molecule has 0 spiro atoms. The highest BCUT2D eigenvalue weighted by Crippen LogP contribution is 2.42. The molecule has 1 aliphatic heterocycles. The van der Waals surface area contributed by atoms with E-state index >= 15 is 0 Å². The number of cyclic esters (lactones) is 1. The van der Waals surface area contributed by atoms with Crippen molar-refractivity contribution in [1.82, 2.24) is 0 Å². The van der Waals surface area contributed by atoms with Crippen molar-refractivity contribution in [2.75, 3.05) is 7.11 Å². The Labute approximate surface area is 153 Å². The van der Waals surface area contributed by atoms with Crippen LogP contribution in [0.4, 0.5) is 0 Å². The molecule has 0 saturated carbocycles. The van der Waals surface area contributed by atoms with Gasteiger partial charge in [0.25, 0.3) is 0 Å². The second kappa shape index (κ2) is 8.25. The Morgan fingerprint density at radius 3 is 2.73 bits per heavy atom. The molecule has 0 aromatic heterocycles. The minimum atomic E-state index is -0.776. The molecule has 1 aliphatic rings. The highest BCUT2D eigenvalue weighted by molar-refractivity contribution is 5.98. The lowest BCUT2D eigenvalue weighted by molar-refractivity contribution is -0.141. The Kier molecular flexibility index (Phi) is 6.29. The van der Waals surface area contributed by atoms with Crippen LogP contribution in [0.5, 0.6) is 11.5 Å². The van der Waals surface area contributed by atoms with Gasteiger partial charge in [0, 0.05) is 11.1 Å². The average molecular weight is 362 g/mol. The van der Waals surface area contributed by atoms with Gasteiger partial charge in [-0.05, 0) is 45.1 Å². The Morgan fingerprint density at radius 2 is 2.12 bits per heavy atom. The molecule has 2 rings (SSSR count). The zero-order valence-corrected chi connectivity index (χ0v) is 15.7. The quantitative estimate of drug-likeness (QED) is 0.540. The SMILES string of the molecule is COc1c(C)c2c(c(O)c1CC=C(C)CCCC(C)C(=O)O)C(=O)OC2. The second-order valence-electron chi connectivity index (χ2n) is 6.80. The van der Waals surface area contributed by atoms with E-state index in [4.69, 9.17) is 14.6 Å². The van der Waals surface area contributed by atoms with Crippen LogP contribution >= 0.6 is 0 Å². The summed E-state index contributed by atoms with van der Waals surface area (Å²) in [7, 11) is 1.54. The predicted octanol–water partition coefficient (Wildman–Crippen LogP) is 3.76. The molecule has 0 fully saturated rings. The number of allylic oxidation sites excluding steroid dienone is 2. The van der Waals surface area contributed by atoms with Crippen LogP contribution in [-0.4, -0.2) is 29.3 Å². The van der Waals surface area contributed by atoms with Gasteiger partial charge in [-0.3, -0.25) is 4.79 Å². The van der Waals surface area contributed by atoms with Crippen molar-refractivity contribution in [2.45, 2.75) is 53.1 Å². The molecular formula is C20H26O6. The van der Waals surface area contributed by atoms with Gasteiger partial charge < -0.3 is 19.7 Å². The molecular weight excluding hydrogens is 336 g/mol. The van der Waals surface area contributed by atoms with E-state index in [1.165, 1.54) is 0 Å². The number of carbonyl (C=O) groups is 2. The van der Waals surface area contributed by atoms with E-state index in [1.807, 2.05) is 19.9 Å². The van der Waals surface area contributed by atoms with Crippen LogP contribution in [0.25, 0.3) is 0 Å². The number of methoxy groups -OCH3 is 1. The topological polar surface area (TPSA) is 93.1 Å². The summed E-state index contributed by atoms with van der Waals surface area (Å²) in [4.78, 5) is 22.8. The zero-order valence-electron chi connectivity index (χ0n) is 15.7. The molecule has 2 N–H and O–H groups in total. The van der Waals surface area contributed by atoms with Crippen LogP contribution in [0.2, 0.25) is 0 Å². The van der Waals surface area contributed by atoms with E-state index in [9.17, 15) is 14.7 Å². The molecule has 1 aromatic carbocycles. The van der Waals surface area contributed by atoms with Crippen molar-refractivity contribution >= 4 is 11.9 Å². The minimum absolute atomic E-state index is 0.0755. The number of phenols is 1. The Balaban J connectivity index is 2.16. The van der Waals surface area contributed by atoms with Crippen molar-refractivity contribution in [3.63, 3.8) is 0 Å². The van der Waals surface area contributed by atoms with Crippen molar-refractivity contribution < 1.29 is 29.3 Å². The molecule has 1 unspecified atom stereocenters. The number of esters is 1. The van der Waals surface area contributed by atoms with E-state index in [1.54, 1.807) is 14.0 Å². The summed E-state index contributed by atoms with van der Waals surface area (Å²) in [5.41, 5.74) is 3.39. The van der Waals surface area contributed by atoms with E-state index in [0.717, 1.165) is 24.0 Å². The first-order chi connectivity index (χ1) is 12.3.